The van der Waals surface area contributed by atoms with Crippen molar-refractivity contribution in [2.75, 3.05) is 31.1 Å². The van der Waals surface area contributed by atoms with Gasteiger partial charge < -0.3 is 4.90 Å². The van der Waals surface area contributed by atoms with Gasteiger partial charge in [0, 0.05) is 35.8 Å². The smallest absolute Gasteiger partial charge is 0.303 e. The van der Waals surface area contributed by atoms with Crippen LogP contribution in [-0.2, 0) is 27.7 Å². The highest BCUT2D eigenvalue weighted by Crippen LogP contribution is 2.43. The van der Waals surface area contributed by atoms with Gasteiger partial charge in [-0.3, -0.25) is 9.36 Å². The molecule has 0 aliphatic carbocycles. The molecule has 6 heterocycles. The van der Waals surface area contributed by atoms with Gasteiger partial charge in [0.1, 0.15) is 21.3 Å². The minimum absolute atomic E-state index is 0.00796. The fourth-order valence-electron chi connectivity index (χ4n) is 7.59. The molecule has 1 atom stereocenters. The molecule has 48 heavy (non-hydrogen) atoms. The summed E-state index contributed by atoms with van der Waals surface area (Å²) in [6.45, 7) is 4.39. The highest BCUT2D eigenvalue weighted by atomic mass is 32.2. The summed E-state index contributed by atoms with van der Waals surface area (Å²) in [5, 5.41) is 13.7. The number of hydrogen-bond acceptors (Lipinski definition) is 8. The third-order valence-electron chi connectivity index (χ3n) is 10.7. The first-order valence-corrected chi connectivity index (χ1v) is 19.1. The average molecular weight is 696 g/mol. The molecule has 0 N–H and O–H groups in total. The Labute approximate surface area is 285 Å². The molecule has 4 aliphatic rings. The number of benzene rings is 1. The van der Waals surface area contributed by atoms with Crippen LogP contribution < -0.4 is 5.56 Å². The van der Waals surface area contributed by atoms with Crippen LogP contribution >= 0.6 is 12.2 Å². The molecule has 9 nitrogen and oxygen atoms in total. The normalized spacial score (nSPS) is 25.9. The van der Waals surface area contributed by atoms with Crippen LogP contribution in [-0.4, -0.2) is 68.7 Å². The van der Waals surface area contributed by atoms with Gasteiger partial charge in [-0.1, -0.05) is 37.5 Å². The zero-order valence-electron chi connectivity index (χ0n) is 27.2. The Morgan fingerprint density at radius 2 is 1.69 bits per heavy atom. The average Bonchev–Trinajstić information content (AvgIpc) is 3.09. The van der Waals surface area contributed by atoms with Crippen LogP contribution in [0.3, 0.4) is 0 Å². The molecule has 0 unspecified atom stereocenters. The number of aryl methyl sites for hydroxylation is 1. The van der Waals surface area contributed by atoms with Crippen molar-refractivity contribution >= 4 is 44.1 Å². The number of isothiocyanates is 1. The first-order valence-electron chi connectivity index (χ1n) is 16.9. The molecule has 7 rings (SSSR count). The molecular weight excluding hydrogens is 655 g/mol. The fourth-order valence-corrected chi connectivity index (χ4v) is 9.36. The Kier molecular flexibility index (Phi) is 9.92. The predicted molar refractivity (Wildman–Crippen MR) is 182 cm³/mol. The van der Waals surface area contributed by atoms with Crippen LogP contribution in [0.2, 0.25) is 0 Å². The first kappa shape index (κ1) is 34.4. The number of halogens is 2. The van der Waals surface area contributed by atoms with E-state index in [1.807, 2.05) is 6.92 Å². The van der Waals surface area contributed by atoms with Crippen molar-refractivity contribution in [2.45, 2.75) is 88.6 Å². The maximum absolute atomic E-state index is 16.0. The van der Waals surface area contributed by atoms with Crippen LogP contribution in [0, 0.1) is 17.2 Å². The molecule has 2 fully saturated rings. The molecule has 254 valence electrons. The Balaban J connectivity index is 1.50. The first-order chi connectivity index (χ1) is 23.0. The van der Waals surface area contributed by atoms with Crippen molar-refractivity contribution in [3.05, 3.63) is 63.7 Å². The number of alkyl halides is 2. The van der Waals surface area contributed by atoms with Crippen LogP contribution in [0.15, 0.2) is 41.5 Å². The Morgan fingerprint density at radius 3 is 2.38 bits per heavy atom. The van der Waals surface area contributed by atoms with Crippen LogP contribution in [0.25, 0.3) is 11.0 Å². The maximum Gasteiger partial charge on any atom is 0.345 e. The minimum atomic E-state index is -3.32. The molecule has 2 saturated heterocycles. The zero-order chi connectivity index (χ0) is 34.1. The number of fused-ring (bicyclic) bond motifs is 9. The molecule has 0 radical (unpaired) electrons. The van der Waals surface area contributed by atoms with E-state index in [1.165, 1.54) is 18.5 Å². The highest BCUT2D eigenvalue weighted by Gasteiger charge is 2.44. The van der Waals surface area contributed by atoms with E-state index in [1.54, 1.807) is 27.3 Å². The van der Waals surface area contributed by atoms with Crippen molar-refractivity contribution in [2.24, 2.45) is 5.92 Å². The second-order valence-corrected chi connectivity index (χ2v) is 16.1. The molecular formula is C35H41F2N6O3S2+. The van der Waals surface area contributed by atoms with E-state index < -0.39 is 33.1 Å². The molecule has 1 aromatic carbocycles. The number of nitriles is 1. The van der Waals surface area contributed by atoms with Gasteiger partial charge in [0.2, 0.25) is 6.33 Å². The molecule has 0 spiro atoms. The molecule has 0 amide bonds. The Morgan fingerprint density at radius 1 is 1.00 bits per heavy atom. The number of sulfone groups is 1. The van der Waals surface area contributed by atoms with Crippen molar-refractivity contribution in [1.82, 2.24) is 19.4 Å². The second kappa shape index (κ2) is 13.8. The maximum atomic E-state index is 16.0. The van der Waals surface area contributed by atoms with Crippen molar-refractivity contribution < 1.29 is 21.8 Å². The summed E-state index contributed by atoms with van der Waals surface area (Å²) in [5.41, 5.74) is -0.528. The Hall–Kier alpha value is -3.43. The summed E-state index contributed by atoms with van der Waals surface area (Å²) in [6.07, 6.45) is 6.75. The van der Waals surface area contributed by atoms with Crippen LogP contribution in [0.4, 0.5) is 14.6 Å². The van der Waals surface area contributed by atoms with Gasteiger partial charge in [-0.15, -0.1) is 0 Å². The molecule has 4 aliphatic heterocycles. The second-order valence-electron chi connectivity index (χ2n) is 13.6. The van der Waals surface area contributed by atoms with E-state index in [9.17, 15) is 18.5 Å². The van der Waals surface area contributed by atoms with Gasteiger partial charge in [0.15, 0.2) is 10.8 Å². The van der Waals surface area contributed by atoms with Gasteiger partial charge in [0.25, 0.3) is 11.5 Å². The highest BCUT2D eigenvalue weighted by molar-refractivity contribution is 7.91. The van der Waals surface area contributed by atoms with Gasteiger partial charge in [-0.2, -0.15) is 14.8 Å². The van der Waals surface area contributed by atoms with Crippen molar-refractivity contribution in [1.29, 1.82) is 5.26 Å². The number of thiocarbonyl (C=S) groups is 1. The lowest BCUT2D eigenvalue weighted by Crippen LogP contribution is -2.41. The van der Waals surface area contributed by atoms with Crippen molar-refractivity contribution in [3.8, 4) is 6.07 Å². The number of pyridine rings is 1. The third-order valence-corrected chi connectivity index (χ3v) is 12.5. The lowest BCUT2D eigenvalue weighted by Gasteiger charge is -2.36. The Bertz CT molecular complexity index is 1950. The fraction of sp³-hybridized carbons (Fsp3) is 0.571. The number of aromatic nitrogens is 3. The van der Waals surface area contributed by atoms with E-state index in [2.05, 4.69) is 26.1 Å². The minimum Gasteiger partial charge on any atom is -0.303 e. The summed E-state index contributed by atoms with van der Waals surface area (Å²) in [7, 11) is -3.32. The summed E-state index contributed by atoms with van der Waals surface area (Å²) in [5.74, 6) is -3.80. The lowest BCUT2D eigenvalue weighted by molar-refractivity contribution is -0.481. The van der Waals surface area contributed by atoms with E-state index >= 15 is 8.78 Å². The van der Waals surface area contributed by atoms with Gasteiger partial charge in [-0.25, -0.2) is 17.2 Å². The predicted octanol–water partition coefficient (Wildman–Crippen LogP) is 6.04. The summed E-state index contributed by atoms with van der Waals surface area (Å²) in [4.78, 5) is 25.6. The third kappa shape index (κ3) is 6.60. The molecule has 3 aromatic rings. The molecule has 0 saturated carbocycles. The number of rotatable bonds is 1. The lowest BCUT2D eigenvalue weighted by atomic mass is 9.77. The quantitative estimate of drug-likeness (QED) is 0.224. The largest absolute Gasteiger partial charge is 0.345 e. The monoisotopic (exact) mass is 695 g/mol. The van der Waals surface area contributed by atoms with Crippen LogP contribution in [0.5, 0.6) is 0 Å². The number of nitrogens with zero attached hydrogens (tertiary/aromatic N) is 6. The van der Waals surface area contributed by atoms with E-state index in [4.69, 9.17) is 12.2 Å². The summed E-state index contributed by atoms with van der Waals surface area (Å²) in [6, 6.07) is 9.80. The van der Waals surface area contributed by atoms with Gasteiger partial charge in [0.05, 0.1) is 23.0 Å². The number of hydrogen-bond donors (Lipinski definition) is 0. The van der Waals surface area contributed by atoms with E-state index in [-0.39, 0.29) is 41.0 Å². The zero-order valence-corrected chi connectivity index (χ0v) is 28.8. The molecule has 8 bridgehead atoms. The summed E-state index contributed by atoms with van der Waals surface area (Å²) < 4.78 is 59.9. The topological polar surface area (TPSA) is 112 Å². The molecule has 2 aromatic heterocycles. The van der Waals surface area contributed by atoms with Gasteiger partial charge >= 0.3 is 5.82 Å². The van der Waals surface area contributed by atoms with Crippen molar-refractivity contribution in [3.63, 3.8) is 0 Å². The van der Waals surface area contributed by atoms with Crippen LogP contribution in [0.1, 0.15) is 87.4 Å². The van der Waals surface area contributed by atoms with E-state index in [0.29, 0.717) is 61.3 Å². The SMILES string of the molecule is C[C@@H]1c2cccc(c2)C(F)(F)C2CCN(CCCCCCCn3c(=O)c(C4(C#N)CCS(=O)(=O)CC4)cc4c(ncnc43)[N+]1=C=S)CC2. The number of piperidine rings is 1. The molecule has 13 heteroatoms. The summed E-state index contributed by atoms with van der Waals surface area (Å²) >= 11 is 5.38. The van der Waals surface area contributed by atoms with E-state index in [0.717, 1.165) is 32.2 Å². The standard InChI is InChI=1S/C35H41F2N6O3S2/c1-25-26-8-7-9-28(20-26)35(36,37)27-10-16-41(17-11-27)14-5-3-2-4-6-15-42-31-29(32(40-23-39-31)43(25)24-47)21-30(33(42)44)34(22-38)12-18-48(45,46)19-13-34/h7-9,20-21,23,25,27H,2-6,10-19H2,1H3/q+1/t25-/m1/s1. The van der Waals surface area contributed by atoms with Gasteiger partial charge in [-0.05, 0) is 87.8 Å².